The summed E-state index contributed by atoms with van der Waals surface area (Å²) in [6.07, 6.45) is -4.32. The number of halogens is 3. The molecule has 0 radical (unpaired) electrons. The Morgan fingerprint density at radius 1 is 1.33 bits per heavy atom. The third-order valence-corrected chi connectivity index (χ3v) is 3.61. The lowest BCUT2D eigenvalue weighted by molar-refractivity contribution is -0.160. The fraction of sp³-hybridized carbons (Fsp3) is 0.375. The van der Waals surface area contributed by atoms with Gasteiger partial charge in [0.1, 0.15) is 6.04 Å². The highest BCUT2D eigenvalue weighted by Crippen LogP contribution is 2.23. The third-order valence-electron chi connectivity index (χ3n) is 3.61. The van der Waals surface area contributed by atoms with Gasteiger partial charge in [0.2, 0.25) is 5.91 Å². The van der Waals surface area contributed by atoms with Crippen LogP contribution >= 0.6 is 0 Å². The number of alkyl halides is 3. The standard InChI is InChI=1S/C16H17F3N2O3/c1-9-2-4-12-11(6-9)10(8-20-12)3-5-14(22)21-13(15(23)24)7-16(17,18)19/h2,4,6,8,13,20H,3,5,7H2,1H3,(H,21,22)(H,23,24). The second-order valence-electron chi connectivity index (χ2n) is 5.64. The molecule has 1 atom stereocenters. The van der Waals surface area contributed by atoms with Gasteiger partial charge in [-0.2, -0.15) is 13.2 Å². The Hall–Kier alpha value is -2.51. The van der Waals surface area contributed by atoms with E-state index in [4.69, 9.17) is 5.11 Å². The van der Waals surface area contributed by atoms with Crippen molar-refractivity contribution in [3.63, 3.8) is 0 Å². The normalized spacial score (nSPS) is 13.0. The van der Waals surface area contributed by atoms with E-state index in [0.29, 0.717) is 6.42 Å². The number of aliphatic carboxylic acids is 1. The first-order valence-electron chi connectivity index (χ1n) is 7.31. The van der Waals surface area contributed by atoms with E-state index in [2.05, 4.69) is 4.98 Å². The zero-order chi connectivity index (χ0) is 17.9. The number of aromatic nitrogens is 1. The fourth-order valence-electron chi connectivity index (χ4n) is 2.45. The van der Waals surface area contributed by atoms with Crippen LogP contribution in [0.15, 0.2) is 24.4 Å². The summed E-state index contributed by atoms with van der Waals surface area (Å²) in [6.45, 7) is 1.93. The summed E-state index contributed by atoms with van der Waals surface area (Å²) in [5, 5.41) is 11.7. The van der Waals surface area contributed by atoms with E-state index in [1.165, 1.54) is 0 Å². The second-order valence-corrected chi connectivity index (χ2v) is 5.64. The molecule has 0 saturated heterocycles. The molecule has 0 aliphatic rings. The van der Waals surface area contributed by atoms with E-state index in [9.17, 15) is 22.8 Å². The smallest absolute Gasteiger partial charge is 0.391 e. The lowest BCUT2D eigenvalue weighted by atomic mass is 10.1. The largest absolute Gasteiger partial charge is 0.480 e. The van der Waals surface area contributed by atoms with Crippen molar-refractivity contribution in [3.8, 4) is 0 Å². The number of nitrogens with one attached hydrogen (secondary N) is 2. The summed E-state index contributed by atoms with van der Waals surface area (Å²) in [5.74, 6) is -2.43. The van der Waals surface area contributed by atoms with Crippen molar-refractivity contribution < 1.29 is 27.9 Å². The second kappa shape index (κ2) is 6.94. The van der Waals surface area contributed by atoms with Gasteiger partial charge in [0, 0.05) is 23.5 Å². The van der Waals surface area contributed by atoms with Crippen molar-refractivity contribution >= 4 is 22.8 Å². The average Bonchev–Trinajstić information content (AvgIpc) is 2.85. The third kappa shape index (κ3) is 4.74. The monoisotopic (exact) mass is 342 g/mol. The summed E-state index contributed by atoms with van der Waals surface area (Å²) in [5.41, 5.74) is 2.80. The molecule has 8 heteroatoms. The number of carboxylic acid groups (broad SMARTS) is 1. The Kier molecular flexibility index (Phi) is 5.16. The van der Waals surface area contributed by atoms with Crippen LogP contribution in [0, 0.1) is 6.92 Å². The van der Waals surface area contributed by atoms with E-state index in [1.54, 1.807) is 6.20 Å². The fourth-order valence-corrected chi connectivity index (χ4v) is 2.45. The first-order chi connectivity index (χ1) is 11.2. The Morgan fingerprint density at radius 2 is 2.04 bits per heavy atom. The lowest BCUT2D eigenvalue weighted by Crippen LogP contribution is -2.43. The number of fused-ring (bicyclic) bond motifs is 1. The topological polar surface area (TPSA) is 82.2 Å². The molecular formula is C16H17F3N2O3. The van der Waals surface area contributed by atoms with Crippen LogP contribution in [0.5, 0.6) is 0 Å². The van der Waals surface area contributed by atoms with E-state index in [-0.39, 0.29) is 6.42 Å². The molecule has 1 heterocycles. The molecule has 0 fully saturated rings. The first-order valence-corrected chi connectivity index (χ1v) is 7.31. The maximum Gasteiger partial charge on any atom is 0.391 e. The molecule has 2 rings (SSSR count). The number of amides is 1. The van der Waals surface area contributed by atoms with Gasteiger partial charge in [-0.05, 0) is 31.0 Å². The number of carbonyl (C=O) groups is 2. The van der Waals surface area contributed by atoms with Crippen LogP contribution < -0.4 is 5.32 Å². The van der Waals surface area contributed by atoms with Gasteiger partial charge in [0.25, 0.3) is 0 Å². The number of H-pyrrole nitrogens is 1. The van der Waals surface area contributed by atoms with Crippen molar-refractivity contribution in [1.82, 2.24) is 10.3 Å². The predicted molar refractivity (Wildman–Crippen MR) is 81.6 cm³/mol. The molecule has 130 valence electrons. The number of hydrogen-bond donors (Lipinski definition) is 3. The van der Waals surface area contributed by atoms with Crippen molar-refractivity contribution in [2.75, 3.05) is 0 Å². The van der Waals surface area contributed by atoms with Crippen molar-refractivity contribution in [2.24, 2.45) is 0 Å². The lowest BCUT2D eigenvalue weighted by Gasteiger charge is -2.16. The van der Waals surface area contributed by atoms with Gasteiger partial charge in [-0.3, -0.25) is 4.79 Å². The number of rotatable bonds is 6. The summed E-state index contributed by atoms with van der Waals surface area (Å²) in [6, 6.07) is 3.81. The highest BCUT2D eigenvalue weighted by Gasteiger charge is 2.36. The van der Waals surface area contributed by atoms with Crippen molar-refractivity contribution in [2.45, 2.75) is 38.4 Å². The van der Waals surface area contributed by atoms with Crippen LogP contribution in [-0.2, 0) is 16.0 Å². The highest BCUT2D eigenvalue weighted by molar-refractivity contribution is 5.86. The van der Waals surface area contributed by atoms with Crippen LogP contribution in [0.2, 0.25) is 0 Å². The average molecular weight is 342 g/mol. The molecule has 0 aliphatic heterocycles. The van der Waals surface area contributed by atoms with Crippen LogP contribution in [0.4, 0.5) is 13.2 Å². The molecule has 3 N–H and O–H groups in total. The van der Waals surface area contributed by atoms with Gasteiger partial charge in [0.05, 0.1) is 6.42 Å². The highest BCUT2D eigenvalue weighted by atomic mass is 19.4. The number of carbonyl (C=O) groups excluding carboxylic acids is 1. The van der Waals surface area contributed by atoms with E-state index < -0.39 is 30.5 Å². The van der Waals surface area contributed by atoms with Gasteiger partial charge in [-0.1, -0.05) is 11.6 Å². The first kappa shape index (κ1) is 17.8. The minimum atomic E-state index is -4.66. The van der Waals surface area contributed by atoms with Crippen molar-refractivity contribution in [3.05, 3.63) is 35.5 Å². The summed E-state index contributed by atoms with van der Waals surface area (Å²) < 4.78 is 37.0. The Labute approximate surface area is 135 Å². The van der Waals surface area contributed by atoms with Gasteiger partial charge >= 0.3 is 12.1 Å². The number of aromatic amines is 1. The molecule has 1 unspecified atom stereocenters. The van der Waals surface area contributed by atoms with Crippen LogP contribution in [-0.4, -0.2) is 34.2 Å². The summed E-state index contributed by atoms with van der Waals surface area (Å²) >= 11 is 0. The van der Waals surface area contributed by atoms with Gasteiger partial charge in [0.15, 0.2) is 0 Å². The number of benzene rings is 1. The van der Waals surface area contributed by atoms with Gasteiger partial charge < -0.3 is 15.4 Å². The van der Waals surface area contributed by atoms with Crippen LogP contribution in [0.3, 0.4) is 0 Å². The Balaban J connectivity index is 1.98. The summed E-state index contributed by atoms with van der Waals surface area (Å²) in [4.78, 5) is 25.7. The Morgan fingerprint density at radius 3 is 2.67 bits per heavy atom. The summed E-state index contributed by atoms with van der Waals surface area (Å²) in [7, 11) is 0. The maximum atomic E-state index is 12.3. The van der Waals surface area contributed by atoms with E-state index in [1.807, 2.05) is 30.4 Å². The predicted octanol–water partition coefficient (Wildman–Crippen LogP) is 2.93. The Bertz CT molecular complexity index is 753. The zero-order valence-corrected chi connectivity index (χ0v) is 12.9. The molecule has 1 aromatic heterocycles. The SMILES string of the molecule is Cc1ccc2[nH]cc(CCC(=O)NC(CC(F)(F)F)C(=O)O)c2c1. The van der Waals surface area contributed by atoms with Gasteiger partial charge in [-0.15, -0.1) is 0 Å². The van der Waals surface area contributed by atoms with E-state index in [0.717, 1.165) is 22.0 Å². The van der Waals surface area contributed by atoms with Crippen LogP contribution in [0.25, 0.3) is 10.9 Å². The molecule has 0 spiro atoms. The number of hydrogen-bond acceptors (Lipinski definition) is 2. The number of carboxylic acids is 1. The molecule has 2 aromatic rings. The molecule has 1 amide bonds. The molecule has 0 bridgehead atoms. The molecule has 5 nitrogen and oxygen atoms in total. The van der Waals surface area contributed by atoms with Crippen LogP contribution in [0.1, 0.15) is 24.0 Å². The van der Waals surface area contributed by atoms with Crippen molar-refractivity contribution in [1.29, 1.82) is 0 Å². The minimum Gasteiger partial charge on any atom is -0.480 e. The zero-order valence-electron chi connectivity index (χ0n) is 12.9. The van der Waals surface area contributed by atoms with Gasteiger partial charge in [-0.25, -0.2) is 4.79 Å². The number of aryl methyl sites for hydroxylation is 2. The van der Waals surface area contributed by atoms with E-state index >= 15 is 0 Å². The molecular weight excluding hydrogens is 325 g/mol. The molecule has 0 aliphatic carbocycles. The minimum absolute atomic E-state index is 0.0947. The molecule has 0 saturated carbocycles. The molecule has 24 heavy (non-hydrogen) atoms. The quantitative estimate of drug-likeness (QED) is 0.755. The maximum absolute atomic E-state index is 12.3. The molecule has 1 aromatic carbocycles.